The van der Waals surface area contributed by atoms with Crippen LogP contribution in [0.5, 0.6) is 0 Å². The van der Waals surface area contributed by atoms with Gasteiger partial charge < -0.3 is 10.8 Å². The summed E-state index contributed by atoms with van der Waals surface area (Å²) in [6.07, 6.45) is 12.4. The van der Waals surface area contributed by atoms with E-state index in [4.69, 9.17) is 5.73 Å². The molecule has 0 aromatic rings. The average Bonchev–Trinajstić information content (AvgIpc) is 2.67. The summed E-state index contributed by atoms with van der Waals surface area (Å²) in [5, 5.41) is 9.32. The highest BCUT2D eigenvalue weighted by Gasteiger charge is 2.22. The summed E-state index contributed by atoms with van der Waals surface area (Å²) in [5.74, 6) is 0.579. The first-order valence-corrected chi connectivity index (χ1v) is 5.36. The van der Waals surface area contributed by atoms with Gasteiger partial charge >= 0.3 is 0 Å². The average molecular weight is 191 g/mol. The maximum atomic E-state index is 9.32. The number of aliphatic hydroxyl groups is 1. The van der Waals surface area contributed by atoms with Crippen LogP contribution in [-0.4, -0.2) is 5.11 Å². The maximum Gasteiger partial charge on any atom is 0.189 e. The van der Waals surface area contributed by atoms with E-state index in [0.717, 1.165) is 5.57 Å². The van der Waals surface area contributed by atoms with E-state index in [-0.39, 0.29) is 5.88 Å². The number of allylic oxidation sites excluding steroid dienone is 5. The summed E-state index contributed by atoms with van der Waals surface area (Å²) in [5.41, 5.74) is 7.52. The minimum atomic E-state index is -0.0319. The molecule has 14 heavy (non-hydrogen) atoms. The highest BCUT2D eigenvalue weighted by Crippen LogP contribution is 2.36. The van der Waals surface area contributed by atoms with E-state index >= 15 is 0 Å². The van der Waals surface area contributed by atoms with Crippen molar-refractivity contribution in [3.63, 3.8) is 0 Å². The molecule has 0 saturated heterocycles. The fourth-order valence-electron chi connectivity index (χ4n) is 2.44. The SMILES string of the molecule is NC(O)=C1C=CC=C1C1CCCCC1. The molecule has 0 spiro atoms. The molecule has 0 radical (unpaired) electrons. The number of rotatable bonds is 1. The molecule has 2 aliphatic rings. The van der Waals surface area contributed by atoms with E-state index in [1.54, 1.807) is 0 Å². The Morgan fingerprint density at radius 3 is 2.64 bits per heavy atom. The number of hydrogen-bond acceptors (Lipinski definition) is 2. The molecule has 0 aromatic heterocycles. The molecule has 0 aromatic carbocycles. The zero-order chi connectivity index (χ0) is 9.97. The second-order valence-corrected chi connectivity index (χ2v) is 4.11. The van der Waals surface area contributed by atoms with Gasteiger partial charge in [-0.05, 0) is 30.4 Å². The Kier molecular flexibility index (Phi) is 2.62. The van der Waals surface area contributed by atoms with Crippen LogP contribution in [0.3, 0.4) is 0 Å². The molecule has 0 bridgehead atoms. The second-order valence-electron chi connectivity index (χ2n) is 4.11. The Bertz CT molecular complexity index is 302. The smallest absolute Gasteiger partial charge is 0.189 e. The van der Waals surface area contributed by atoms with Gasteiger partial charge in [-0.3, -0.25) is 0 Å². The van der Waals surface area contributed by atoms with Crippen molar-refractivity contribution in [2.45, 2.75) is 32.1 Å². The Morgan fingerprint density at radius 2 is 2.00 bits per heavy atom. The van der Waals surface area contributed by atoms with Gasteiger partial charge in [0.15, 0.2) is 5.88 Å². The van der Waals surface area contributed by atoms with Gasteiger partial charge in [0, 0.05) is 5.57 Å². The molecular formula is C12H17NO. The standard InChI is InChI=1S/C12H17NO/c13-12(14)11-8-4-7-10(11)9-5-2-1-3-6-9/h4,7-9,14H,1-3,5-6,13H2. The Hall–Kier alpha value is -1.18. The van der Waals surface area contributed by atoms with E-state index in [1.807, 2.05) is 12.2 Å². The lowest BCUT2D eigenvalue weighted by atomic mass is 9.82. The normalized spacial score (nSPS) is 26.4. The van der Waals surface area contributed by atoms with E-state index in [9.17, 15) is 5.11 Å². The van der Waals surface area contributed by atoms with Crippen molar-refractivity contribution in [2.24, 2.45) is 11.7 Å². The third kappa shape index (κ3) is 1.69. The fraction of sp³-hybridized carbons (Fsp3) is 0.500. The first-order valence-electron chi connectivity index (χ1n) is 5.36. The van der Waals surface area contributed by atoms with E-state index < -0.39 is 0 Å². The molecule has 0 atom stereocenters. The molecule has 2 rings (SSSR count). The summed E-state index contributed by atoms with van der Waals surface area (Å²) in [4.78, 5) is 0. The van der Waals surface area contributed by atoms with E-state index in [0.29, 0.717) is 5.92 Å². The molecule has 1 fully saturated rings. The van der Waals surface area contributed by atoms with E-state index in [2.05, 4.69) is 6.08 Å². The lowest BCUT2D eigenvalue weighted by molar-refractivity contribution is 0.386. The second kappa shape index (κ2) is 3.91. The van der Waals surface area contributed by atoms with Gasteiger partial charge in [0.05, 0.1) is 0 Å². The summed E-state index contributed by atoms with van der Waals surface area (Å²) >= 11 is 0. The van der Waals surface area contributed by atoms with Gasteiger partial charge in [-0.2, -0.15) is 0 Å². The molecule has 1 saturated carbocycles. The van der Waals surface area contributed by atoms with Crippen LogP contribution in [0.15, 0.2) is 35.3 Å². The Morgan fingerprint density at radius 1 is 1.29 bits per heavy atom. The van der Waals surface area contributed by atoms with Gasteiger partial charge in [0.1, 0.15) is 0 Å². The number of hydrogen-bond donors (Lipinski definition) is 2. The summed E-state index contributed by atoms with van der Waals surface area (Å²) < 4.78 is 0. The molecule has 2 aliphatic carbocycles. The highest BCUT2D eigenvalue weighted by atomic mass is 16.3. The van der Waals surface area contributed by atoms with Crippen molar-refractivity contribution in [3.8, 4) is 0 Å². The van der Waals surface area contributed by atoms with Crippen LogP contribution in [-0.2, 0) is 0 Å². The third-order valence-corrected chi connectivity index (χ3v) is 3.17. The Balaban J connectivity index is 2.15. The Labute approximate surface area is 84.8 Å². The number of nitrogens with two attached hydrogens (primary N) is 1. The topological polar surface area (TPSA) is 46.2 Å². The zero-order valence-electron chi connectivity index (χ0n) is 8.37. The molecule has 0 aliphatic heterocycles. The van der Waals surface area contributed by atoms with Crippen LogP contribution >= 0.6 is 0 Å². The van der Waals surface area contributed by atoms with Crippen molar-refractivity contribution in [1.82, 2.24) is 0 Å². The number of aliphatic hydroxyl groups excluding tert-OH is 1. The molecule has 76 valence electrons. The fourth-order valence-corrected chi connectivity index (χ4v) is 2.44. The summed E-state index contributed by atoms with van der Waals surface area (Å²) in [6.45, 7) is 0. The minimum absolute atomic E-state index is 0.0319. The predicted octanol–water partition coefficient (Wildman–Crippen LogP) is 2.79. The summed E-state index contributed by atoms with van der Waals surface area (Å²) in [7, 11) is 0. The lowest BCUT2D eigenvalue weighted by Gasteiger charge is -2.23. The zero-order valence-corrected chi connectivity index (χ0v) is 8.37. The van der Waals surface area contributed by atoms with Gasteiger partial charge in [-0.1, -0.05) is 31.4 Å². The van der Waals surface area contributed by atoms with Crippen LogP contribution in [0.1, 0.15) is 32.1 Å². The quantitative estimate of drug-likeness (QED) is 0.626. The molecular weight excluding hydrogens is 174 g/mol. The molecule has 0 heterocycles. The van der Waals surface area contributed by atoms with Crippen molar-refractivity contribution in [1.29, 1.82) is 0 Å². The van der Waals surface area contributed by atoms with Crippen LogP contribution in [0.4, 0.5) is 0 Å². The monoisotopic (exact) mass is 191 g/mol. The molecule has 2 nitrogen and oxygen atoms in total. The summed E-state index contributed by atoms with van der Waals surface area (Å²) in [6, 6.07) is 0. The molecule has 0 unspecified atom stereocenters. The third-order valence-electron chi connectivity index (χ3n) is 3.17. The highest BCUT2D eigenvalue weighted by molar-refractivity contribution is 5.50. The predicted molar refractivity (Wildman–Crippen MR) is 57.6 cm³/mol. The van der Waals surface area contributed by atoms with Gasteiger partial charge in [0.2, 0.25) is 0 Å². The largest absolute Gasteiger partial charge is 0.495 e. The van der Waals surface area contributed by atoms with E-state index in [1.165, 1.54) is 37.7 Å². The van der Waals surface area contributed by atoms with Crippen molar-refractivity contribution in [2.75, 3.05) is 0 Å². The first kappa shape index (κ1) is 9.38. The van der Waals surface area contributed by atoms with Crippen molar-refractivity contribution >= 4 is 0 Å². The van der Waals surface area contributed by atoms with Crippen molar-refractivity contribution in [3.05, 3.63) is 35.3 Å². The molecule has 0 amide bonds. The van der Waals surface area contributed by atoms with Gasteiger partial charge in [0.25, 0.3) is 0 Å². The molecule has 2 heteroatoms. The first-order chi connectivity index (χ1) is 6.79. The van der Waals surface area contributed by atoms with Crippen LogP contribution in [0.2, 0.25) is 0 Å². The minimum Gasteiger partial charge on any atom is -0.495 e. The van der Waals surface area contributed by atoms with Gasteiger partial charge in [-0.15, -0.1) is 0 Å². The maximum absolute atomic E-state index is 9.32. The molecule has 3 N–H and O–H groups in total. The van der Waals surface area contributed by atoms with Crippen LogP contribution < -0.4 is 5.73 Å². The lowest BCUT2D eigenvalue weighted by Crippen LogP contribution is -2.12. The van der Waals surface area contributed by atoms with Gasteiger partial charge in [-0.25, -0.2) is 0 Å². The van der Waals surface area contributed by atoms with Crippen molar-refractivity contribution < 1.29 is 5.11 Å². The van der Waals surface area contributed by atoms with Crippen LogP contribution in [0.25, 0.3) is 0 Å². The van der Waals surface area contributed by atoms with Crippen LogP contribution in [0, 0.1) is 5.92 Å².